The van der Waals surface area contributed by atoms with Crippen LogP contribution in [0.15, 0.2) is 47.4 Å². The number of aryl methyl sites for hydroxylation is 2. The lowest BCUT2D eigenvalue weighted by molar-refractivity contribution is -0.128. The summed E-state index contributed by atoms with van der Waals surface area (Å²) < 4.78 is 29.0. The van der Waals surface area contributed by atoms with Crippen molar-refractivity contribution in [3.05, 3.63) is 59.2 Å². The summed E-state index contributed by atoms with van der Waals surface area (Å²) >= 11 is 0. The Morgan fingerprint density at radius 1 is 1.11 bits per heavy atom. The van der Waals surface area contributed by atoms with Crippen molar-refractivity contribution in [1.29, 1.82) is 0 Å². The maximum atomic E-state index is 12.6. The molecule has 27 heavy (non-hydrogen) atoms. The zero-order chi connectivity index (χ0) is 20.2. The topological polar surface area (TPSA) is 72.5 Å². The van der Waals surface area contributed by atoms with Gasteiger partial charge in [0.05, 0.1) is 10.9 Å². The van der Waals surface area contributed by atoms with Crippen molar-refractivity contribution in [3.8, 4) is 5.75 Å². The molecule has 0 fully saturated rings. The van der Waals surface area contributed by atoms with Gasteiger partial charge in [-0.15, -0.1) is 0 Å². The third kappa shape index (κ3) is 5.57. The Hall–Kier alpha value is -2.34. The van der Waals surface area contributed by atoms with Crippen LogP contribution >= 0.6 is 0 Å². The third-order valence-electron chi connectivity index (χ3n) is 4.44. The maximum Gasteiger partial charge on any atom is 0.261 e. The standard InChI is InChI=1S/C21H27NO4S/c1-6-19(17-8-10-18(11-9-17)27(5,24)25)22-21(23)16(4)26-20-12-7-14(2)13-15(20)3/h7-13,16,19H,6H2,1-5H3,(H,22,23)/t16-,19+/m0/s1. The van der Waals surface area contributed by atoms with E-state index in [2.05, 4.69) is 5.32 Å². The number of nitrogens with one attached hydrogen (secondary N) is 1. The molecule has 1 amide bonds. The molecular weight excluding hydrogens is 362 g/mol. The van der Waals surface area contributed by atoms with Gasteiger partial charge in [-0.25, -0.2) is 8.42 Å². The van der Waals surface area contributed by atoms with E-state index < -0.39 is 15.9 Å². The molecule has 0 aliphatic heterocycles. The first kappa shape index (κ1) is 21.0. The molecule has 0 unspecified atom stereocenters. The Labute approximate surface area is 161 Å². The lowest BCUT2D eigenvalue weighted by atomic mass is 10.0. The van der Waals surface area contributed by atoms with Crippen LogP contribution in [0.4, 0.5) is 0 Å². The molecule has 1 N–H and O–H groups in total. The van der Waals surface area contributed by atoms with Crippen LogP contribution in [-0.4, -0.2) is 26.7 Å². The van der Waals surface area contributed by atoms with Crippen molar-refractivity contribution in [1.82, 2.24) is 5.32 Å². The molecule has 0 aromatic heterocycles. The first-order valence-electron chi connectivity index (χ1n) is 8.96. The number of benzene rings is 2. The lowest BCUT2D eigenvalue weighted by Crippen LogP contribution is -2.38. The van der Waals surface area contributed by atoms with E-state index in [0.29, 0.717) is 12.2 Å². The van der Waals surface area contributed by atoms with Gasteiger partial charge in [-0.2, -0.15) is 0 Å². The van der Waals surface area contributed by atoms with E-state index in [4.69, 9.17) is 4.74 Å². The first-order valence-corrected chi connectivity index (χ1v) is 10.8. The molecule has 0 aliphatic rings. The summed E-state index contributed by atoms with van der Waals surface area (Å²) in [7, 11) is -3.24. The normalized spacial score (nSPS) is 13.7. The van der Waals surface area contributed by atoms with Crippen molar-refractivity contribution in [2.45, 2.75) is 51.2 Å². The summed E-state index contributed by atoms with van der Waals surface area (Å²) in [5.41, 5.74) is 2.98. The number of hydrogen-bond acceptors (Lipinski definition) is 4. The van der Waals surface area contributed by atoms with Crippen molar-refractivity contribution >= 4 is 15.7 Å². The molecular formula is C21H27NO4S. The van der Waals surface area contributed by atoms with E-state index in [1.165, 1.54) is 6.26 Å². The molecule has 6 heteroatoms. The monoisotopic (exact) mass is 389 g/mol. The number of sulfone groups is 1. The summed E-state index contributed by atoms with van der Waals surface area (Å²) in [6.45, 7) is 7.64. The molecule has 2 aromatic carbocycles. The first-order chi connectivity index (χ1) is 12.6. The van der Waals surface area contributed by atoms with Crippen LogP contribution in [0.5, 0.6) is 5.75 Å². The SMILES string of the molecule is CC[C@@H](NC(=O)[C@H](C)Oc1ccc(C)cc1C)c1ccc(S(C)(=O)=O)cc1. The van der Waals surface area contributed by atoms with E-state index in [1.54, 1.807) is 31.2 Å². The van der Waals surface area contributed by atoms with Gasteiger partial charge in [0, 0.05) is 6.26 Å². The van der Waals surface area contributed by atoms with E-state index in [0.717, 1.165) is 16.7 Å². The Bertz CT molecular complexity index is 904. The highest BCUT2D eigenvalue weighted by atomic mass is 32.2. The van der Waals surface area contributed by atoms with Crippen LogP contribution in [0.25, 0.3) is 0 Å². The Morgan fingerprint density at radius 2 is 1.74 bits per heavy atom. The molecule has 2 aromatic rings. The second kappa shape index (κ2) is 8.57. The molecule has 0 heterocycles. The fraction of sp³-hybridized carbons (Fsp3) is 0.381. The van der Waals surface area contributed by atoms with Crippen LogP contribution < -0.4 is 10.1 Å². The van der Waals surface area contributed by atoms with E-state index in [1.807, 2.05) is 39.0 Å². The third-order valence-corrected chi connectivity index (χ3v) is 5.57. The zero-order valence-electron chi connectivity index (χ0n) is 16.4. The molecule has 5 nitrogen and oxygen atoms in total. The second-order valence-electron chi connectivity index (χ2n) is 6.84. The highest BCUT2D eigenvalue weighted by molar-refractivity contribution is 7.90. The molecule has 2 atom stereocenters. The highest BCUT2D eigenvalue weighted by Gasteiger charge is 2.20. The minimum atomic E-state index is -3.24. The van der Waals surface area contributed by atoms with Crippen LogP contribution in [0, 0.1) is 13.8 Å². The molecule has 146 valence electrons. The number of hydrogen-bond donors (Lipinski definition) is 1. The zero-order valence-corrected chi connectivity index (χ0v) is 17.3. The smallest absolute Gasteiger partial charge is 0.261 e. The predicted molar refractivity (Wildman–Crippen MR) is 107 cm³/mol. The minimum Gasteiger partial charge on any atom is -0.481 e. The van der Waals surface area contributed by atoms with E-state index in [-0.39, 0.29) is 16.8 Å². The van der Waals surface area contributed by atoms with Gasteiger partial charge in [0.1, 0.15) is 5.75 Å². The Balaban J connectivity index is 2.07. The fourth-order valence-corrected chi connectivity index (χ4v) is 3.46. The minimum absolute atomic E-state index is 0.212. The predicted octanol–water partition coefficient (Wildman–Crippen LogP) is 3.74. The molecule has 0 radical (unpaired) electrons. The quantitative estimate of drug-likeness (QED) is 0.783. The van der Waals surface area contributed by atoms with Crippen LogP contribution in [0.2, 0.25) is 0 Å². The van der Waals surface area contributed by atoms with Gasteiger partial charge in [0.25, 0.3) is 5.91 Å². The summed E-state index contributed by atoms with van der Waals surface area (Å²) in [5, 5.41) is 2.98. The van der Waals surface area contributed by atoms with E-state index >= 15 is 0 Å². The van der Waals surface area contributed by atoms with Crippen molar-refractivity contribution < 1.29 is 17.9 Å². The van der Waals surface area contributed by atoms with Crippen molar-refractivity contribution in [2.75, 3.05) is 6.26 Å². The summed E-state index contributed by atoms with van der Waals surface area (Å²) in [6.07, 6.45) is 1.21. The highest BCUT2D eigenvalue weighted by Crippen LogP contribution is 2.22. The van der Waals surface area contributed by atoms with Gasteiger partial charge in [0.15, 0.2) is 15.9 Å². The Morgan fingerprint density at radius 3 is 2.26 bits per heavy atom. The number of ether oxygens (including phenoxy) is 1. The van der Waals surface area contributed by atoms with E-state index in [9.17, 15) is 13.2 Å². The lowest BCUT2D eigenvalue weighted by Gasteiger charge is -2.22. The van der Waals surface area contributed by atoms with Crippen molar-refractivity contribution in [2.24, 2.45) is 0 Å². The van der Waals surface area contributed by atoms with Gasteiger partial charge < -0.3 is 10.1 Å². The Kier molecular flexibility index (Phi) is 6.65. The summed E-state index contributed by atoms with van der Waals surface area (Å²) in [6, 6.07) is 12.2. The summed E-state index contributed by atoms with van der Waals surface area (Å²) in [4.78, 5) is 12.8. The maximum absolute atomic E-state index is 12.6. The van der Waals surface area contributed by atoms with Gasteiger partial charge in [0.2, 0.25) is 0 Å². The molecule has 0 aliphatic carbocycles. The molecule has 0 bridgehead atoms. The van der Waals surface area contributed by atoms with Crippen LogP contribution in [-0.2, 0) is 14.6 Å². The number of carbonyl (C=O) groups is 1. The molecule has 0 spiro atoms. The molecule has 0 saturated heterocycles. The van der Waals surface area contributed by atoms with Gasteiger partial charge in [-0.1, -0.05) is 36.8 Å². The van der Waals surface area contributed by atoms with Gasteiger partial charge in [-0.3, -0.25) is 4.79 Å². The summed E-state index contributed by atoms with van der Waals surface area (Å²) in [5.74, 6) is 0.475. The second-order valence-corrected chi connectivity index (χ2v) is 8.86. The molecule has 0 saturated carbocycles. The average Bonchev–Trinajstić information content (AvgIpc) is 2.61. The number of amides is 1. The fourth-order valence-electron chi connectivity index (χ4n) is 2.83. The molecule has 2 rings (SSSR count). The van der Waals surface area contributed by atoms with Crippen LogP contribution in [0.3, 0.4) is 0 Å². The largest absolute Gasteiger partial charge is 0.481 e. The average molecular weight is 390 g/mol. The van der Waals surface area contributed by atoms with Gasteiger partial charge in [-0.05, 0) is 56.5 Å². The van der Waals surface area contributed by atoms with Gasteiger partial charge >= 0.3 is 0 Å². The number of rotatable bonds is 7. The number of carbonyl (C=O) groups excluding carboxylic acids is 1. The van der Waals surface area contributed by atoms with Crippen LogP contribution in [0.1, 0.15) is 43.0 Å². The van der Waals surface area contributed by atoms with Crippen molar-refractivity contribution in [3.63, 3.8) is 0 Å².